The lowest BCUT2D eigenvalue weighted by Crippen LogP contribution is -2.20. The van der Waals surface area contributed by atoms with E-state index in [-0.39, 0.29) is 6.03 Å². The highest BCUT2D eigenvalue weighted by molar-refractivity contribution is 6.00. The smallest absolute Gasteiger partial charge is 0.323 e. The van der Waals surface area contributed by atoms with Gasteiger partial charge in [-0.15, -0.1) is 0 Å². The van der Waals surface area contributed by atoms with Crippen LogP contribution in [0.1, 0.15) is 6.92 Å². The third kappa shape index (κ3) is 3.70. The summed E-state index contributed by atoms with van der Waals surface area (Å²) in [6.45, 7) is 2.42. The maximum Gasteiger partial charge on any atom is 0.323 e. The fourth-order valence-electron chi connectivity index (χ4n) is 2.14. The molecular formula is C17H17N5O2. The number of anilines is 2. The van der Waals surface area contributed by atoms with Crippen molar-refractivity contribution in [3.63, 3.8) is 0 Å². The Morgan fingerprint density at radius 3 is 2.79 bits per heavy atom. The largest absolute Gasteiger partial charge is 0.492 e. The second-order valence-corrected chi connectivity index (χ2v) is 4.88. The van der Waals surface area contributed by atoms with Crippen molar-refractivity contribution in [1.82, 2.24) is 14.5 Å². The van der Waals surface area contributed by atoms with E-state index in [1.807, 2.05) is 19.1 Å². The quantitative estimate of drug-likeness (QED) is 0.755. The first-order valence-corrected chi connectivity index (χ1v) is 7.50. The Balaban J connectivity index is 1.65. The van der Waals surface area contributed by atoms with Gasteiger partial charge in [-0.3, -0.25) is 4.57 Å². The first-order chi connectivity index (χ1) is 11.8. The Kier molecular flexibility index (Phi) is 4.71. The molecule has 1 aromatic carbocycles. The van der Waals surface area contributed by atoms with E-state index in [2.05, 4.69) is 20.6 Å². The molecule has 2 amide bonds. The van der Waals surface area contributed by atoms with Gasteiger partial charge in [-0.25, -0.2) is 14.8 Å². The van der Waals surface area contributed by atoms with E-state index in [1.165, 1.54) is 0 Å². The zero-order valence-electron chi connectivity index (χ0n) is 13.1. The molecule has 0 unspecified atom stereocenters. The fraction of sp³-hybridized carbons (Fsp3) is 0.118. The second kappa shape index (κ2) is 7.28. The number of carbonyl (C=O) groups excluding carboxylic acids is 1. The van der Waals surface area contributed by atoms with E-state index in [1.54, 1.807) is 53.8 Å². The van der Waals surface area contributed by atoms with Gasteiger partial charge in [0.2, 0.25) is 0 Å². The summed E-state index contributed by atoms with van der Waals surface area (Å²) < 4.78 is 7.26. The van der Waals surface area contributed by atoms with Gasteiger partial charge < -0.3 is 15.4 Å². The lowest BCUT2D eigenvalue weighted by atomic mass is 10.3. The minimum absolute atomic E-state index is 0.362. The number of benzene rings is 1. The summed E-state index contributed by atoms with van der Waals surface area (Å²) in [6, 6.07) is 10.5. The molecule has 7 heteroatoms. The van der Waals surface area contributed by atoms with Crippen LogP contribution in [0.3, 0.4) is 0 Å². The molecule has 0 aliphatic rings. The predicted molar refractivity (Wildman–Crippen MR) is 91.6 cm³/mol. The molecule has 0 spiro atoms. The number of urea groups is 1. The van der Waals surface area contributed by atoms with Crippen molar-refractivity contribution >= 4 is 17.4 Å². The lowest BCUT2D eigenvalue weighted by molar-refractivity contribution is 0.262. The summed E-state index contributed by atoms with van der Waals surface area (Å²) in [4.78, 5) is 20.4. The van der Waals surface area contributed by atoms with Crippen LogP contribution in [-0.4, -0.2) is 27.2 Å². The summed E-state index contributed by atoms with van der Waals surface area (Å²) in [6.07, 6.45) is 6.72. The predicted octanol–water partition coefficient (Wildman–Crippen LogP) is 3.31. The van der Waals surface area contributed by atoms with Gasteiger partial charge in [-0.2, -0.15) is 0 Å². The normalized spacial score (nSPS) is 10.2. The molecule has 0 bridgehead atoms. The monoisotopic (exact) mass is 323 g/mol. The molecule has 0 fully saturated rings. The molecule has 2 heterocycles. The maximum atomic E-state index is 12.1. The van der Waals surface area contributed by atoms with E-state index >= 15 is 0 Å². The Bertz CT molecular complexity index is 800. The van der Waals surface area contributed by atoms with Crippen molar-refractivity contribution in [1.29, 1.82) is 0 Å². The summed E-state index contributed by atoms with van der Waals surface area (Å²) in [5, 5.41) is 5.51. The van der Waals surface area contributed by atoms with E-state index < -0.39 is 0 Å². The van der Waals surface area contributed by atoms with Crippen molar-refractivity contribution in [3.05, 3.63) is 61.3 Å². The molecule has 0 aliphatic heterocycles. The zero-order chi connectivity index (χ0) is 16.8. The average Bonchev–Trinajstić information content (AvgIpc) is 3.12. The number of aromatic nitrogens is 3. The van der Waals surface area contributed by atoms with Gasteiger partial charge in [0, 0.05) is 12.4 Å². The van der Waals surface area contributed by atoms with E-state index in [0.29, 0.717) is 23.7 Å². The van der Waals surface area contributed by atoms with Crippen molar-refractivity contribution in [3.8, 4) is 11.6 Å². The zero-order valence-corrected chi connectivity index (χ0v) is 13.1. The van der Waals surface area contributed by atoms with Crippen molar-refractivity contribution < 1.29 is 9.53 Å². The van der Waals surface area contributed by atoms with Crippen LogP contribution in [0, 0.1) is 0 Å². The topological polar surface area (TPSA) is 81.1 Å². The number of hydrogen-bond donors (Lipinski definition) is 2. The van der Waals surface area contributed by atoms with Crippen LogP contribution >= 0.6 is 0 Å². The number of rotatable bonds is 5. The SMILES string of the molecule is CCOc1ccccc1NC(=O)Nc1ccc(-n2ccnc2)nc1. The Hall–Kier alpha value is -3.35. The minimum atomic E-state index is -0.362. The number of ether oxygens (including phenoxy) is 1. The van der Waals surface area contributed by atoms with Gasteiger partial charge in [-0.05, 0) is 31.2 Å². The number of carbonyl (C=O) groups is 1. The van der Waals surface area contributed by atoms with Gasteiger partial charge in [-0.1, -0.05) is 12.1 Å². The van der Waals surface area contributed by atoms with Gasteiger partial charge in [0.25, 0.3) is 0 Å². The van der Waals surface area contributed by atoms with Crippen LogP contribution in [-0.2, 0) is 0 Å². The standard InChI is InChI=1S/C17H17N5O2/c1-2-24-15-6-4-3-5-14(15)21-17(23)20-13-7-8-16(19-11-13)22-10-9-18-12-22/h3-12H,2H2,1H3,(H2,20,21,23). The number of para-hydroxylation sites is 2. The molecule has 0 atom stereocenters. The molecule has 24 heavy (non-hydrogen) atoms. The van der Waals surface area contributed by atoms with E-state index in [4.69, 9.17) is 4.74 Å². The molecule has 3 aromatic rings. The molecule has 0 radical (unpaired) electrons. The number of nitrogens with zero attached hydrogens (tertiary/aromatic N) is 3. The van der Waals surface area contributed by atoms with Crippen molar-refractivity contribution in [2.24, 2.45) is 0 Å². The fourth-order valence-corrected chi connectivity index (χ4v) is 2.14. The molecule has 0 saturated carbocycles. The second-order valence-electron chi connectivity index (χ2n) is 4.88. The molecular weight excluding hydrogens is 306 g/mol. The molecule has 0 aliphatic carbocycles. The highest BCUT2D eigenvalue weighted by Gasteiger charge is 2.08. The van der Waals surface area contributed by atoms with Crippen LogP contribution in [0.4, 0.5) is 16.2 Å². The Morgan fingerprint density at radius 2 is 2.08 bits per heavy atom. The van der Waals surface area contributed by atoms with Crippen molar-refractivity contribution in [2.45, 2.75) is 6.92 Å². The first kappa shape index (κ1) is 15.5. The number of hydrogen-bond acceptors (Lipinski definition) is 4. The summed E-state index contributed by atoms with van der Waals surface area (Å²) in [5.41, 5.74) is 1.20. The van der Waals surface area contributed by atoms with Crippen LogP contribution < -0.4 is 15.4 Å². The molecule has 3 rings (SSSR count). The third-order valence-electron chi connectivity index (χ3n) is 3.21. The van der Waals surface area contributed by atoms with Crippen LogP contribution in [0.25, 0.3) is 5.82 Å². The molecule has 7 nitrogen and oxygen atoms in total. The number of pyridine rings is 1. The average molecular weight is 323 g/mol. The Morgan fingerprint density at radius 1 is 1.21 bits per heavy atom. The third-order valence-corrected chi connectivity index (χ3v) is 3.21. The lowest BCUT2D eigenvalue weighted by Gasteiger charge is -2.12. The summed E-state index contributed by atoms with van der Waals surface area (Å²) in [7, 11) is 0. The highest BCUT2D eigenvalue weighted by atomic mass is 16.5. The maximum absolute atomic E-state index is 12.1. The van der Waals surface area contributed by atoms with Gasteiger partial charge in [0.05, 0.1) is 24.2 Å². The summed E-state index contributed by atoms with van der Waals surface area (Å²) >= 11 is 0. The van der Waals surface area contributed by atoms with E-state index in [9.17, 15) is 4.79 Å². The molecule has 2 aromatic heterocycles. The van der Waals surface area contributed by atoms with Gasteiger partial charge in [0.15, 0.2) is 0 Å². The van der Waals surface area contributed by atoms with Gasteiger partial charge in [0.1, 0.15) is 17.9 Å². The number of nitrogens with one attached hydrogen (secondary N) is 2. The summed E-state index contributed by atoms with van der Waals surface area (Å²) in [5.74, 6) is 1.35. The van der Waals surface area contributed by atoms with E-state index in [0.717, 1.165) is 5.82 Å². The van der Waals surface area contributed by atoms with Crippen LogP contribution in [0.15, 0.2) is 61.3 Å². The molecule has 2 N–H and O–H groups in total. The Labute approximate surface area is 139 Å². The van der Waals surface area contributed by atoms with Crippen molar-refractivity contribution in [2.75, 3.05) is 17.2 Å². The van der Waals surface area contributed by atoms with Crippen LogP contribution in [0.5, 0.6) is 5.75 Å². The number of imidazole rings is 1. The first-order valence-electron chi connectivity index (χ1n) is 7.50. The highest BCUT2D eigenvalue weighted by Crippen LogP contribution is 2.23. The molecule has 122 valence electrons. The number of amides is 2. The minimum Gasteiger partial charge on any atom is -0.492 e. The van der Waals surface area contributed by atoms with Gasteiger partial charge >= 0.3 is 6.03 Å². The molecule has 0 saturated heterocycles. The van der Waals surface area contributed by atoms with Crippen LogP contribution in [0.2, 0.25) is 0 Å².